The van der Waals surface area contributed by atoms with E-state index in [2.05, 4.69) is 0 Å². The molecule has 0 saturated carbocycles. The van der Waals surface area contributed by atoms with E-state index in [1.165, 1.54) is 11.7 Å². The Morgan fingerprint density at radius 1 is 0.880 bits per heavy atom. The Morgan fingerprint density at radius 3 is 2.12 bits per heavy atom. The highest BCUT2D eigenvalue weighted by Crippen LogP contribution is 2.24. The van der Waals surface area contributed by atoms with Crippen LogP contribution in [0.3, 0.4) is 0 Å². The lowest BCUT2D eigenvalue weighted by Crippen LogP contribution is -2.21. The van der Waals surface area contributed by atoms with E-state index in [0.29, 0.717) is 22.0 Å². The second kappa shape index (κ2) is 5.91. The molecule has 0 N–H and O–H groups in total. The number of esters is 1. The lowest BCUT2D eigenvalue weighted by molar-refractivity contribution is 0.0602. The molecule has 1 heterocycles. The SMILES string of the molecule is COC(=O)c1cn(-c2ccccc2)c(=O)c2cc3ccccc3cc12. The molecule has 0 aliphatic carbocycles. The van der Waals surface area contributed by atoms with Crippen molar-refractivity contribution in [3.05, 3.63) is 88.8 Å². The topological polar surface area (TPSA) is 48.3 Å². The molecule has 4 rings (SSSR count). The van der Waals surface area contributed by atoms with Gasteiger partial charge in [-0.15, -0.1) is 0 Å². The van der Waals surface area contributed by atoms with Gasteiger partial charge in [0, 0.05) is 22.7 Å². The zero-order chi connectivity index (χ0) is 17.4. The Balaban J connectivity index is 2.15. The lowest BCUT2D eigenvalue weighted by atomic mass is 10.0. The Bertz CT molecular complexity index is 1160. The summed E-state index contributed by atoms with van der Waals surface area (Å²) in [5.41, 5.74) is 0.902. The molecule has 4 nitrogen and oxygen atoms in total. The average Bonchev–Trinajstić information content (AvgIpc) is 2.67. The first-order valence-corrected chi connectivity index (χ1v) is 7.91. The fourth-order valence-corrected chi connectivity index (χ4v) is 3.08. The molecule has 0 radical (unpaired) electrons. The highest BCUT2D eigenvalue weighted by Gasteiger charge is 2.16. The highest BCUT2D eigenvalue weighted by atomic mass is 16.5. The molecule has 3 aromatic carbocycles. The summed E-state index contributed by atoms with van der Waals surface area (Å²) in [6, 6.07) is 20.7. The van der Waals surface area contributed by atoms with Crippen molar-refractivity contribution in [3.8, 4) is 5.69 Å². The first-order valence-electron chi connectivity index (χ1n) is 7.91. The predicted octanol–water partition coefficient (Wildman–Crippen LogP) is 3.93. The number of hydrogen-bond acceptors (Lipinski definition) is 3. The number of carbonyl (C=O) groups is 1. The molecule has 0 atom stereocenters. The highest BCUT2D eigenvalue weighted by molar-refractivity contribution is 6.08. The monoisotopic (exact) mass is 329 g/mol. The van der Waals surface area contributed by atoms with Crippen LogP contribution in [0.2, 0.25) is 0 Å². The number of benzene rings is 3. The van der Waals surface area contributed by atoms with Gasteiger partial charge in [-0.05, 0) is 35.0 Å². The molecular formula is C21H15NO3. The van der Waals surface area contributed by atoms with E-state index in [-0.39, 0.29) is 5.56 Å². The summed E-state index contributed by atoms with van der Waals surface area (Å²) in [6.45, 7) is 0. The van der Waals surface area contributed by atoms with Crippen molar-refractivity contribution >= 4 is 27.5 Å². The van der Waals surface area contributed by atoms with Crippen LogP contribution in [0.1, 0.15) is 10.4 Å². The molecule has 0 unspecified atom stereocenters. The molecule has 0 saturated heterocycles. The van der Waals surface area contributed by atoms with Gasteiger partial charge in [-0.2, -0.15) is 0 Å². The molecule has 4 aromatic rings. The molecule has 1 aromatic heterocycles. The van der Waals surface area contributed by atoms with Crippen molar-refractivity contribution in [1.82, 2.24) is 4.57 Å². The van der Waals surface area contributed by atoms with Crippen molar-refractivity contribution < 1.29 is 9.53 Å². The fourth-order valence-electron chi connectivity index (χ4n) is 3.08. The van der Waals surface area contributed by atoms with Gasteiger partial charge in [0.25, 0.3) is 5.56 Å². The zero-order valence-electron chi connectivity index (χ0n) is 13.6. The first kappa shape index (κ1) is 15.1. The van der Waals surface area contributed by atoms with Crippen LogP contribution in [-0.4, -0.2) is 17.6 Å². The van der Waals surface area contributed by atoms with E-state index >= 15 is 0 Å². The van der Waals surface area contributed by atoms with Crippen molar-refractivity contribution in [3.63, 3.8) is 0 Å². The third-order valence-corrected chi connectivity index (χ3v) is 4.32. The van der Waals surface area contributed by atoms with Crippen molar-refractivity contribution in [1.29, 1.82) is 0 Å². The van der Waals surface area contributed by atoms with Gasteiger partial charge in [0.15, 0.2) is 0 Å². The maximum atomic E-state index is 13.0. The van der Waals surface area contributed by atoms with Gasteiger partial charge in [-0.25, -0.2) is 4.79 Å². The smallest absolute Gasteiger partial charge is 0.340 e. The minimum Gasteiger partial charge on any atom is -0.465 e. The maximum absolute atomic E-state index is 13.0. The van der Waals surface area contributed by atoms with Gasteiger partial charge in [0.2, 0.25) is 0 Å². The van der Waals surface area contributed by atoms with E-state index in [4.69, 9.17) is 4.74 Å². The number of hydrogen-bond donors (Lipinski definition) is 0. The molecule has 0 bridgehead atoms. The lowest BCUT2D eigenvalue weighted by Gasteiger charge is -2.12. The van der Waals surface area contributed by atoms with Crippen LogP contribution >= 0.6 is 0 Å². The van der Waals surface area contributed by atoms with Crippen LogP contribution in [-0.2, 0) is 4.74 Å². The molecular weight excluding hydrogens is 314 g/mol. The summed E-state index contributed by atoms with van der Waals surface area (Å²) < 4.78 is 6.42. The third kappa shape index (κ3) is 2.48. The minimum atomic E-state index is -0.468. The van der Waals surface area contributed by atoms with Gasteiger partial charge in [0.05, 0.1) is 12.7 Å². The molecule has 0 fully saturated rings. The molecule has 0 amide bonds. The van der Waals surface area contributed by atoms with E-state index in [0.717, 1.165) is 10.8 Å². The second-order valence-corrected chi connectivity index (χ2v) is 5.79. The third-order valence-electron chi connectivity index (χ3n) is 4.32. The van der Waals surface area contributed by atoms with E-state index in [1.54, 1.807) is 6.20 Å². The Hall–Kier alpha value is -3.40. The quantitative estimate of drug-likeness (QED) is 0.413. The van der Waals surface area contributed by atoms with Gasteiger partial charge in [-0.3, -0.25) is 9.36 Å². The van der Waals surface area contributed by atoms with E-state index in [9.17, 15) is 9.59 Å². The second-order valence-electron chi connectivity index (χ2n) is 5.79. The van der Waals surface area contributed by atoms with Gasteiger partial charge < -0.3 is 4.74 Å². The largest absolute Gasteiger partial charge is 0.465 e. The van der Waals surface area contributed by atoms with E-state index < -0.39 is 5.97 Å². The first-order chi connectivity index (χ1) is 12.2. The predicted molar refractivity (Wildman–Crippen MR) is 98.4 cm³/mol. The number of aromatic nitrogens is 1. The van der Waals surface area contributed by atoms with Crippen LogP contribution < -0.4 is 5.56 Å². The van der Waals surface area contributed by atoms with Crippen LogP contribution in [0.15, 0.2) is 77.7 Å². The van der Waals surface area contributed by atoms with Crippen molar-refractivity contribution in [2.75, 3.05) is 7.11 Å². The molecule has 0 aliphatic rings. The number of carbonyl (C=O) groups excluding carboxylic acids is 1. The van der Waals surface area contributed by atoms with Crippen LogP contribution in [0.4, 0.5) is 0 Å². The number of methoxy groups -OCH3 is 1. The molecule has 25 heavy (non-hydrogen) atoms. The van der Waals surface area contributed by atoms with E-state index in [1.807, 2.05) is 66.7 Å². The van der Waals surface area contributed by atoms with Crippen LogP contribution in [0, 0.1) is 0 Å². The zero-order valence-corrected chi connectivity index (χ0v) is 13.6. The van der Waals surface area contributed by atoms with Crippen molar-refractivity contribution in [2.45, 2.75) is 0 Å². The molecule has 122 valence electrons. The maximum Gasteiger partial charge on any atom is 0.340 e. The Labute approximate surface area is 143 Å². The number of fused-ring (bicyclic) bond motifs is 2. The Morgan fingerprint density at radius 2 is 1.48 bits per heavy atom. The number of para-hydroxylation sites is 1. The summed E-state index contributed by atoms with van der Waals surface area (Å²) in [5, 5.41) is 3.01. The van der Waals surface area contributed by atoms with Gasteiger partial charge in [-0.1, -0.05) is 42.5 Å². The number of rotatable bonds is 2. The number of ether oxygens (including phenoxy) is 1. The normalized spacial score (nSPS) is 10.9. The standard InChI is InChI=1S/C21H15NO3/c1-25-21(24)19-13-22(16-9-3-2-4-10-16)20(23)18-12-15-8-6-5-7-14(15)11-17(18)19/h2-13H,1H3. The minimum absolute atomic E-state index is 0.167. The summed E-state index contributed by atoms with van der Waals surface area (Å²) in [7, 11) is 1.34. The van der Waals surface area contributed by atoms with Crippen LogP contribution in [0.25, 0.3) is 27.2 Å². The van der Waals surface area contributed by atoms with Gasteiger partial charge in [0.1, 0.15) is 0 Å². The summed E-state index contributed by atoms with van der Waals surface area (Å²) in [6.07, 6.45) is 1.56. The van der Waals surface area contributed by atoms with Gasteiger partial charge >= 0.3 is 5.97 Å². The van der Waals surface area contributed by atoms with Crippen molar-refractivity contribution in [2.24, 2.45) is 0 Å². The number of nitrogens with zero attached hydrogens (tertiary/aromatic N) is 1. The number of pyridine rings is 1. The van der Waals surface area contributed by atoms with Crippen LogP contribution in [0.5, 0.6) is 0 Å². The summed E-state index contributed by atoms with van der Waals surface area (Å²) in [4.78, 5) is 25.4. The molecule has 4 heteroatoms. The molecule has 0 aliphatic heterocycles. The summed E-state index contributed by atoms with van der Waals surface area (Å²) in [5.74, 6) is -0.468. The summed E-state index contributed by atoms with van der Waals surface area (Å²) >= 11 is 0. The average molecular weight is 329 g/mol. The fraction of sp³-hybridized carbons (Fsp3) is 0.0476. The Kier molecular flexibility index (Phi) is 3.58. The molecule has 0 spiro atoms.